The Balaban J connectivity index is 2.25. The third-order valence-electron chi connectivity index (χ3n) is 4.38. The lowest BCUT2D eigenvalue weighted by Gasteiger charge is -2.35. The second kappa shape index (κ2) is 4.68. The summed E-state index contributed by atoms with van der Waals surface area (Å²) in [6.45, 7) is 4.01. The second-order valence-corrected chi connectivity index (χ2v) is 7.80. The number of hydrogen-bond donors (Lipinski definition) is 1. The van der Waals surface area contributed by atoms with E-state index in [-0.39, 0.29) is 17.1 Å². The largest absolute Gasteiger partial charge is 0.380 e. The molecule has 0 saturated carbocycles. The van der Waals surface area contributed by atoms with Crippen LogP contribution in [-0.2, 0) is 15.4 Å². The molecule has 2 aromatic rings. The number of hydrogen-bond acceptors (Lipinski definition) is 3. The van der Waals surface area contributed by atoms with E-state index in [4.69, 9.17) is 0 Å². The molecule has 0 aromatic heterocycles. The van der Waals surface area contributed by atoms with Crippen molar-refractivity contribution in [2.45, 2.75) is 30.8 Å². The fraction of sp³-hybridized carbons (Fsp3) is 0.294. The third-order valence-corrected chi connectivity index (χ3v) is 6.15. The summed E-state index contributed by atoms with van der Waals surface area (Å²) >= 11 is 0. The van der Waals surface area contributed by atoms with Crippen LogP contribution >= 0.6 is 0 Å². The molecule has 0 saturated heterocycles. The van der Waals surface area contributed by atoms with Gasteiger partial charge in [0.1, 0.15) is 5.60 Å². The molecule has 3 rings (SSSR count). The van der Waals surface area contributed by atoms with Crippen molar-refractivity contribution in [1.82, 2.24) is 0 Å². The first kappa shape index (κ1) is 14.3. The number of sulfone groups is 1. The van der Waals surface area contributed by atoms with Gasteiger partial charge in [0.15, 0.2) is 9.84 Å². The van der Waals surface area contributed by atoms with E-state index in [2.05, 4.69) is 0 Å². The van der Waals surface area contributed by atoms with Gasteiger partial charge in [0, 0.05) is 5.56 Å². The molecule has 0 aliphatic carbocycles. The number of benzene rings is 2. The zero-order valence-electron chi connectivity index (χ0n) is 12.1. The predicted octanol–water partition coefficient (Wildman–Crippen LogP) is 2.72. The molecular weight excluding hydrogens is 284 g/mol. The van der Waals surface area contributed by atoms with Crippen molar-refractivity contribution < 1.29 is 13.5 Å². The zero-order valence-corrected chi connectivity index (χ0v) is 12.9. The topological polar surface area (TPSA) is 54.4 Å². The highest BCUT2D eigenvalue weighted by molar-refractivity contribution is 7.91. The molecule has 0 fully saturated rings. The monoisotopic (exact) mass is 302 g/mol. The zero-order chi connectivity index (χ0) is 15.3. The Morgan fingerprint density at radius 2 is 1.76 bits per heavy atom. The molecule has 1 aliphatic heterocycles. The minimum absolute atomic E-state index is 0.0343. The Hall–Kier alpha value is -1.65. The predicted molar refractivity (Wildman–Crippen MR) is 82.0 cm³/mol. The minimum Gasteiger partial charge on any atom is -0.380 e. The van der Waals surface area contributed by atoms with Crippen molar-refractivity contribution >= 4 is 9.84 Å². The lowest BCUT2D eigenvalue weighted by atomic mass is 9.82. The highest BCUT2D eigenvalue weighted by Gasteiger charge is 2.41. The van der Waals surface area contributed by atoms with E-state index in [9.17, 15) is 13.5 Å². The normalized spacial score (nSPS) is 23.6. The maximum absolute atomic E-state index is 12.2. The van der Waals surface area contributed by atoms with Crippen LogP contribution in [0.3, 0.4) is 0 Å². The smallest absolute Gasteiger partial charge is 0.178 e. The summed E-state index contributed by atoms with van der Waals surface area (Å²) in [6, 6.07) is 12.6. The van der Waals surface area contributed by atoms with E-state index in [1.807, 2.05) is 32.0 Å². The average molecular weight is 302 g/mol. The number of aryl methyl sites for hydroxylation is 2. The molecule has 1 N–H and O–H groups in total. The van der Waals surface area contributed by atoms with Gasteiger partial charge in [-0.1, -0.05) is 36.4 Å². The molecule has 1 heterocycles. The number of fused-ring (bicyclic) bond motifs is 1. The summed E-state index contributed by atoms with van der Waals surface area (Å²) in [5.41, 5.74) is 2.25. The molecule has 1 atom stereocenters. The molecule has 0 amide bonds. The van der Waals surface area contributed by atoms with Crippen LogP contribution in [0.1, 0.15) is 28.7 Å². The van der Waals surface area contributed by atoms with Gasteiger partial charge in [0.25, 0.3) is 0 Å². The summed E-state index contributed by atoms with van der Waals surface area (Å²) in [7, 11) is -3.30. The van der Waals surface area contributed by atoms with Crippen LogP contribution in [0, 0.1) is 13.8 Å². The van der Waals surface area contributed by atoms with Gasteiger partial charge >= 0.3 is 0 Å². The van der Waals surface area contributed by atoms with E-state index in [0.29, 0.717) is 5.56 Å². The third kappa shape index (κ3) is 2.19. The summed E-state index contributed by atoms with van der Waals surface area (Å²) in [4.78, 5) is 0.247. The van der Waals surface area contributed by atoms with Crippen LogP contribution in [0.4, 0.5) is 0 Å². The Labute approximate surface area is 125 Å². The van der Waals surface area contributed by atoms with Crippen LogP contribution in [0.25, 0.3) is 0 Å². The minimum atomic E-state index is -3.30. The van der Waals surface area contributed by atoms with E-state index in [0.717, 1.165) is 16.7 Å². The Kier molecular flexibility index (Phi) is 3.19. The lowest BCUT2D eigenvalue weighted by Crippen LogP contribution is -2.36. The first-order chi connectivity index (χ1) is 9.84. The summed E-state index contributed by atoms with van der Waals surface area (Å²) < 4.78 is 24.4. The van der Waals surface area contributed by atoms with Gasteiger partial charge in [-0.3, -0.25) is 0 Å². The van der Waals surface area contributed by atoms with Crippen LogP contribution in [0.2, 0.25) is 0 Å². The summed E-state index contributed by atoms with van der Waals surface area (Å²) in [5.74, 6) is -0.0343. The number of rotatable bonds is 1. The molecule has 110 valence electrons. The SMILES string of the molecule is Cc1ccc(C2(O)CCS(=O)(=O)c3ccccc32)cc1C. The van der Waals surface area contributed by atoms with Gasteiger partial charge in [-0.2, -0.15) is 0 Å². The highest BCUT2D eigenvalue weighted by atomic mass is 32.2. The van der Waals surface area contributed by atoms with Gasteiger partial charge in [-0.05, 0) is 43.0 Å². The van der Waals surface area contributed by atoms with Crippen LogP contribution < -0.4 is 0 Å². The molecule has 3 nitrogen and oxygen atoms in total. The second-order valence-electron chi connectivity index (χ2n) is 5.72. The van der Waals surface area contributed by atoms with E-state index in [1.54, 1.807) is 24.3 Å². The molecular formula is C17H18O3S. The van der Waals surface area contributed by atoms with Gasteiger partial charge in [0.2, 0.25) is 0 Å². The van der Waals surface area contributed by atoms with Gasteiger partial charge in [-0.15, -0.1) is 0 Å². The summed E-state index contributed by atoms with van der Waals surface area (Å²) in [5, 5.41) is 11.2. The summed E-state index contributed by atoms with van der Waals surface area (Å²) in [6.07, 6.45) is 0.189. The van der Waals surface area contributed by atoms with Crippen LogP contribution in [0.15, 0.2) is 47.4 Å². The Morgan fingerprint density at radius 3 is 2.48 bits per heavy atom. The van der Waals surface area contributed by atoms with Crippen molar-refractivity contribution in [1.29, 1.82) is 0 Å². The van der Waals surface area contributed by atoms with E-state index >= 15 is 0 Å². The lowest BCUT2D eigenvalue weighted by molar-refractivity contribution is 0.0717. The number of aliphatic hydroxyl groups is 1. The van der Waals surface area contributed by atoms with Crippen molar-refractivity contribution in [3.63, 3.8) is 0 Å². The molecule has 2 aromatic carbocycles. The van der Waals surface area contributed by atoms with Gasteiger partial charge < -0.3 is 5.11 Å². The average Bonchev–Trinajstić information content (AvgIpc) is 2.47. The molecule has 0 bridgehead atoms. The van der Waals surface area contributed by atoms with Gasteiger partial charge in [-0.25, -0.2) is 8.42 Å². The molecule has 0 spiro atoms. The molecule has 1 unspecified atom stereocenters. The molecule has 0 radical (unpaired) electrons. The maximum Gasteiger partial charge on any atom is 0.178 e. The van der Waals surface area contributed by atoms with Crippen molar-refractivity contribution in [3.8, 4) is 0 Å². The quantitative estimate of drug-likeness (QED) is 0.881. The van der Waals surface area contributed by atoms with Crippen molar-refractivity contribution in [2.24, 2.45) is 0 Å². The Morgan fingerprint density at radius 1 is 1.05 bits per heavy atom. The van der Waals surface area contributed by atoms with E-state index in [1.165, 1.54) is 0 Å². The van der Waals surface area contributed by atoms with Gasteiger partial charge in [0.05, 0.1) is 10.6 Å². The fourth-order valence-electron chi connectivity index (χ4n) is 2.90. The fourth-order valence-corrected chi connectivity index (χ4v) is 4.55. The Bertz CT molecular complexity index is 809. The highest BCUT2D eigenvalue weighted by Crippen LogP contribution is 2.41. The van der Waals surface area contributed by atoms with Crippen molar-refractivity contribution in [3.05, 3.63) is 64.7 Å². The molecule has 1 aliphatic rings. The molecule has 4 heteroatoms. The van der Waals surface area contributed by atoms with Crippen LogP contribution in [-0.4, -0.2) is 19.3 Å². The maximum atomic E-state index is 12.2. The van der Waals surface area contributed by atoms with Crippen molar-refractivity contribution in [2.75, 3.05) is 5.75 Å². The van der Waals surface area contributed by atoms with E-state index < -0.39 is 15.4 Å². The molecule has 21 heavy (non-hydrogen) atoms. The van der Waals surface area contributed by atoms with Crippen LogP contribution in [0.5, 0.6) is 0 Å². The first-order valence-electron chi connectivity index (χ1n) is 6.97. The first-order valence-corrected chi connectivity index (χ1v) is 8.62. The standard InChI is InChI=1S/C17H18O3S/c1-12-7-8-14(11-13(12)2)17(18)9-10-21(19,20)16-6-4-3-5-15(16)17/h3-8,11,18H,9-10H2,1-2H3.